The summed E-state index contributed by atoms with van der Waals surface area (Å²) < 4.78 is 0. The standard InChI is InChI=1S/C24H26O/c25-24(23-15-14-20-7-4-8-22(20)17-23)16-11-18-9-12-21(13-10-18)19-5-2-1-3-6-19/h9-17,19H,1-8H2/b16-11+. The van der Waals surface area contributed by atoms with Crippen LogP contribution in [0.1, 0.15) is 77.1 Å². The number of rotatable bonds is 4. The predicted molar refractivity (Wildman–Crippen MR) is 104 cm³/mol. The maximum atomic E-state index is 12.4. The summed E-state index contributed by atoms with van der Waals surface area (Å²) in [6.45, 7) is 0. The summed E-state index contributed by atoms with van der Waals surface area (Å²) >= 11 is 0. The molecule has 0 N–H and O–H groups in total. The molecule has 1 heteroatoms. The van der Waals surface area contributed by atoms with Crippen molar-refractivity contribution in [1.82, 2.24) is 0 Å². The van der Waals surface area contributed by atoms with Gasteiger partial charge in [-0.25, -0.2) is 0 Å². The van der Waals surface area contributed by atoms with Crippen LogP contribution in [0, 0.1) is 0 Å². The Morgan fingerprint density at radius 2 is 1.60 bits per heavy atom. The average Bonchev–Trinajstić information content (AvgIpc) is 3.15. The Bertz CT molecular complexity index is 776. The molecule has 2 aliphatic carbocycles. The van der Waals surface area contributed by atoms with Gasteiger partial charge in [-0.1, -0.05) is 61.7 Å². The molecule has 0 saturated heterocycles. The second-order valence-corrected chi connectivity index (χ2v) is 7.54. The lowest BCUT2D eigenvalue weighted by molar-refractivity contribution is 0.104. The third-order valence-corrected chi connectivity index (χ3v) is 5.82. The van der Waals surface area contributed by atoms with Crippen molar-refractivity contribution in [2.45, 2.75) is 57.3 Å². The fourth-order valence-corrected chi connectivity index (χ4v) is 4.31. The number of carbonyl (C=O) groups excluding carboxylic acids is 1. The summed E-state index contributed by atoms with van der Waals surface area (Å²) in [6.07, 6.45) is 13.9. The minimum Gasteiger partial charge on any atom is -0.289 e. The van der Waals surface area contributed by atoms with Gasteiger partial charge in [0.05, 0.1) is 0 Å². The summed E-state index contributed by atoms with van der Waals surface area (Å²) in [5.74, 6) is 0.839. The van der Waals surface area contributed by atoms with E-state index in [0.717, 1.165) is 29.9 Å². The fourth-order valence-electron chi connectivity index (χ4n) is 4.31. The second-order valence-electron chi connectivity index (χ2n) is 7.54. The van der Waals surface area contributed by atoms with E-state index in [-0.39, 0.29) is 5.78 Å². The van der Waals surface area contributed by atoms with Crippen molar-refractivity contribution < 1.29 is 4.79 Å². The molecule has 1 fully saturated rings. The molecule has 0 spiro atoms. The summed E-state index contributed by atoms with van der Waals surface area (Å²) in [5.41, 5.74) is 6.15. The Kier molecular flexibility index (Phi) is 4.83. The number of carbonyl (C=O) groups is 1. The zero-order valence-corrected chi connectivity index (χ0v) is 14.8. The number of allylic oxidation sites excluding steroid dienone is 1. The Morgan fingerprint density at radius 3 is 2.40 bits per heavy atom. The average molecular weight is 330 g/mol. The van der Waals surface area contributed by atoms with Crippen molar-refractivity contribution in [1.29, 1.82) is 0 Å². The molecule has 0 atom stereocenters. The topological polar surface area (TPSA) is 17.1 Å². The molecular weight excluding hydrogens is 304 g/mol. The molecule has 1 nitrogen and oxygen atoms in total. The van der Waals surface area contributed by atoms with E-state index in [4.69, 9.17) is 0 Å². The Hall–Kier alpha value is -2.15. The molecule has 0 amide bonds. The van der Waals surface area contributed by atoms with Crippen LogP contribution in [0.25, 0.3) is 6.08 Å². The molecule has 25 heavy (non-hydrogen) atoms. The van der Waals surface area contributed by atoms with Crippen LogP contribution in [-0.4, -0.2) is 5.78 Å². The third-order valence-electron chi connectivity index (χ3n) is 5.82. The van der Waals surface area contributed by atoms with E-state index in [1.54, 1.807) is 6.08 Å². The summed E-state index contributed by atoms with van der Waals surface area (Å²) in [7, 11) is 0. The number of hydrogen-bond donors (Lipinski definition) is 0. The zero-order valence-electron chi connectivity index (χ0n) is 14.8. The molecule has 2 aromatic carbocycles. The summed E-state index contributed by atoms with van der Waals surface area (Å²) in [4.78, 5) is 12.4. The number of ketones is 1. The van der Waals surface area contributed by atoms with Gasteiger partial charge in [0.25, 0.3) is 0 Å². The molecule has 0 heterocycles. The van der Waals surface area contributed by atoms with E-state index < -0.39 is 0 Å². The van der Waals surface area contributed by atoms with Gasteiger partial charge in [-0.05, 0) is 72.4 Å². The monoisotopic (exact) mass is 330 g/mol. The van der Waals surface area contributed by atoms with Gasteiger partial charge < -0.3 is 0 Å². The lowest BCUT2D eigenvalue weighted by Crippen LogP contribution is -2.04. The van der Waals surface area contributed by atoms with Gasteiger partial charge in [0, 0.05) is 5.56 Å². The molecule has 0 bridgehead atoms. The lowest BCUT2D eigenvalue weighted by Gasteiger charge is -2.21. The van der Waals surface area contributed by atoms with Gasteiger partial charge >= 0.3 is 0 Å². The lowest BCUT2D eigenvalue weighted by atomic mass is 9.84. The first-order chi connectivity index (χ1) is 12.3. The molecule has 4 rings (SSSR count). The van der Waals surface area contributed by atoms with E-state index in [2.05, 4.69) is 36.4 Å². The predicted octanol–water partition coefficient (Wildman–Crippen LogP) is 6.12. The van der Waals surface area contributed by atoms with Crippen LogP contribution < -0.4 is 0 Å². The van der Waals surface area contributed by atoms with Gasteiger partial charge in [0.2, 0.25) is 0 Å². The van der Waals surface area contributed by atoms with Crippen molar-refractivity contribution in [3.05, 3.63) is 76.4 Å². The van der Waals surface area contributed by atoms with E-state index in [1.807, 2.05) is 12.1 Å². The number of hydrogen-bond acceptors (Lipinski definition) is 1. The molecule has 2 aromatic rings. The normalized spacial score (nSPS) is 17.8. The van der Waals surface area contributed by atoms with E-state index >= 15 is 0 Å². The largest absolute Gasteiger partial charge is 0.289 e. The van der Waals surface area contributed by atoms with Crippen LogP contribution in [0.3, 0.4) is 0 Å². The Morgan fingerprint density at radius 1 is 0.840 bits per heavy atom. The summed E-state index contributed by atoms with van der Waals surface area (Å²) in [6, 6.07) is 15.0. The first-order valence-corrected chi connectivity index (χ1v) is 9.74. The van der Waals surface area contributed by atoms with E-state index in [9.17, 15) is 4.79 Å². The van der Waals surface area contributed by atoms with Crippen LogP contribution in [0.5, 0.6) is 0 Å². The minimum atomic E-state index is 0.103. The highest BCUT2D eigenvalue weighted by atomic mass is 16.1. The first-order valence-electron chi connectivity index (χ1n) is 9.74. The molecule has 0 aromatic heterocycles. The maximum absolute atomic E-state index is 12.4. The zero-order chi connectivity index (χ0) is 17.1. The second kappa shape index (κ2) is 7.39. The van der Waals surface area contributed by atoms with Gasteiger partial charge in [-0.2, -0.15) is 0 Å². The molecule has 0 radical (unpaired) electrons. The third kappa shape index (κ3) is 3.76. The van der Waals surface area contributed by atoms with Crippen LogP contribution in [-0.2, 0) is 12.8 Å². The minimum absolute atomic E-state index is 0.103. The van der Waals surface area contributed by atoms with Crippen molar-refractivity contribution in [3.8, 4) is 0 Å². The number of benzene rings is 2. The van der Waals surface area contributed by atoms with Crippen molar-refractivity contribution in [2.24, 2.45) is 0 Å². The van der Waals surface area contributed by atoms with Gasteiger partial charge in [-0.3, -0.25) is 4.79 Å². The van der Waals surface area contributed by atoms with Gasteiger partial charge in [-0.15, -0.1) is 0 Å². The molecule has 0 unspecified atom stereocenters. The van der Waals surface area contributed by atoms with Crippen molar-refractivity contribution in [3.63, 3.8) is 0 Å². The van der Waals surface area contributed by atoms with Crippen molar-refractivity contribution >= 4 is 11.9 Å². The number of fused-ring (bicyclic) bond motifs is 1. The molecule has 0 aliphatic heterocycles. The first kappa shape index (κ1) is 16.3. The highest BCUT2D eigenvalue weighted by Crippen LogP contribution is 2.32. The molecule has 2 aliphatic rings. The van der Waals surface area contributed by atoms with Gasteiger partial charge in [0.1, 0.15) is 0 Å². The highest BCUT2D eigenvalue weighted by molar-refractivity contribution is 6.07. The van der Waals surface area contributed by atoms with Crippen LogP contribution in [0.2, 0.25) is 0 Å². The summed E-state index contributed by atoms with van der Waals surface area (Å²) in [5, 5.41) is 0. The Labute approximate surface area is 150 Å². The number of aryl methyl sites for hydroxylation is 2. The van der Waals surface area contributed by atoms with Crippen LogP contribution in [0.4, 0.5) is 0 Å². The van der Waals surface area contributed by atoms with Crippen molar-refractivity contribution in [2.75, 3.05) is 0 Å². The molecule has 1 saturated carbocycles. The quantitative estimate of drug-likeness (QED) is 0.487. The molecular formula is C24H26O. The smallest absolute Gasteiger partial charge is 0.185 e. The van der Waals surface area contributed by atoms with E-state index in [1.165, 1.54) is 55.2 Å². The molecule has 128 valence electrons. The van der Waals surface area contributed by atoms with Gasteiger partial charge in [0.15, 0.2) is 5.78 Å². The highest BCUT2D eigenvalue weighted by Gasteiger charge is 2.15. The van der Waals surface area contributed by atoms with Crippen LogP contribution >= 0.6 is 0 Å². The SMILES string of the molecule is O=C(/C=C/c1ccc(C2CCCCC2)cc1)c1ccc2c(c1)CCC2. The Balaban J connectivity index is 1.43. The fraction of sp³-hybridized carbons (Fsp3) is 0.375. The van der Waals surface area contributed by atoms with E-state index in [0.29, 0.717) is 0 Å². The van der Waals surface area contributed by atoms with Crippen LogP contribution in [0.15, 0.2) is 48.5 Å². The maximum Gasteiger partial charge on any atom is 0.185 e.